The molecule has 0 fully saturated rings. The van der Waals surface area contributed by atoms with Gasteiger partial charge in [-0.3, -0.25) is 10.2 Å². The molecule has 156 valence electrons. The molecule has 1 heterocycles. The topological polar surface area (TPSA) is 89.9 Å². The second-order valence-electron chi connectivity index (χ2n) is 6.98. The van der Waals surface area contributed by atoms with Crippen molar-refractivity contribution >= 4 is 38.7 Å². The molecule has 0 aliphatic heterocycles. The van der Waals surface area contributed by atoms with Gasteiger partial charge in [0.2, 0.25) is 5.71 Å². The van der Waals surface area contributed by atoms with E-state index in [0.29, 0.717) is 22.6 Å². The van der Waals surface area contributed by atoms with Gasteiger partial charge in [-0.15, -0.1) is 11.3 Å². The minimum absolute atomic E-state index is 0.0182. The number of para-hydroxylation sites is 1. The monoisotopic (exact) mass is 434 g/mol. The quantitative estimate of drug-likeness (QED) is 0.322. The summed E-state index contributed by atoms with van der Waals surface area (Å²) in [4.78, 5) is 13.4. The lowest BCUT2D eigenvalue weighted by Crippen LogP contribution is -2.41. The molecule has 0 radical (unpaired) electrons. The molecule has 5 N–H and O–H groups in total. The number of anilines is 1. The highest BCUT2D eigenvalue weighted by Crippen LogP contribution is 2.28. The Kier molecular flexibility index (Phi) is 5.68. The zero-order chi connectivity index (χ0) is 22.0. The molecule has 7 heteroatoms. The van der Waals surface area contributed by atoms with E-state index in [-0.39, 0.29) is 23.7 Å². The number of benzene rings is 3. The molecule has 0 aliphatic rings. The summed E-state index contributed by atoms with van der Waals surface area (Å²) >= 11 is 1.54. The zero-order valence-electron chi connectivity index (χ0n) is 16.8. The standard InChI is InChI=1S/C24H20FN3O2S/c1-30-20-8-4-3-7-16(20)24(29)28-13-15-10-17(19(26)12-18(15)25)23(27)22-11-14-6-2-5-9-21(14)31-22/h2-12,27H,13,26H2,1H3,(H,28,29)/p+1. The van der Waals surface area contributed by atoms with E-state index in [1.807, 2.05) is 30.3 Å². The van der Waals surface area contributed by atoms with Crippen molar-refractivity contribution in [1.29, 1.82) is 0 Å². The second kappa shape index (κ2) is 8.57. The van der Waals surface area contributed by atoms with Crippen molar-refractivity contribution in [1.82, 2.24) is 5.32 Å². The van der Waals surface area contributed by atoms with Crippen LogP contribution in [0.1, 0.15) is 26.4 Å². The molecule has 4 rings (SSSR count). The first-order valence-electron chi connectivity index (χ1n) is 9.58. The number of amides is 1. The predicted molar refractivity (Wildman–Crippen MR) is 122 cm³/mol. The summed E-state index contributed by atoms with van der Waals surface area (Å²) in [6.07, 6.45) is 0. The van der Waals surface area contributed by atoms with Gasteiger partial charge in [0, 0.05) is 22.5 Å². The van der Waals surface area contributed by atoms with Gasteiger partial charge in [0.1, 0.15) is 11.6 Å². The number of hydrogen-bond donors (Lipinski definition) is 3. The highest BCUT2D eigenvalue weighted by Gasteiger charge is 2.20. The molecule has 0 unspecified atom stereocenters. The maximum atomic E-state index is 14.6. The molecule has 31 heavy (non-hydrogen) atoms. The smallest absolute Gasteiger partial charge is 0.255 e. The summed E-state index contributed by atoms with van der Waals surface area (Å²) in [5.41, 5.74) is 7.98. The Hall–Kier alpha value is -3.71. The van der Waals surface area contributed by atoms with Crippen molar-refractivity contribution in [2.75, 3.05) is 12.8 Å². The number of nitrogens with two attached hydrogens (primary N) is 2. The first-order chi connectivity index (χ1) is 15.0. The van der Waals surface area contributed by atoms with Gasteiger partial charge in [0.25, 0.3) is 5.91 Å². The fourth-order valence-electron chi connectivity index (χ4n) is 3.35. The Labute approximate surface area is 182 Å². The maximum absolute atomic E-state index is 14.6. The van der Waals surface area contributed by atoms with Crippen LogP contribution in [0.15, 0.2) is 66.7 Å². The number of methoxy groups -OCH3 is 1. The summed E-state index contributed by atoms with van der Waals surface area (Å²) in [6, 6.07) is 19.6. The summed E-state index contributed by atoms with van der Waals surface area (Å²) in [7, 11) is 1.49. The predicted octanol–water partition coefficient (Wildman–Crippen LogP) is 3.16. The number of halogens is 1. The van der Waals surface area contributed by atoms with Crippen molar-refractivity contribution in [3.05, 3.63) is 94.1 Å². The SMILES string of the molecule is COc1ccccc1C(=O)NCc1cc(C(=[NH2+])c2cc3ccccc3s2)c(N)cc1F. The second-order valence-corrected chi connectivity index (χ2v) is 8.06. The van der Waals surface area contributed by atoms with Crippen LogP contribution < -0.4 is 21.2 Å². The van der Waals surface area contributed by atoms with Crippen LogP contribution in [-0.4, -0.2) is 18.7 Å². The normalized spacial score (nSPS) is 10.8. The summed E-state index contributed by atoms with van der Waals surface area (Å²) in [5.74, 6) is -0.428. The maximum Gasteiger partial charge on any atom is 0.255 e. The molecule has 3 aromatic carbocycles. The van der Waals surface area contributed by atoms with Gasteiger partial charge in [0.15, 0.2) is 0 Å². The number of hydrogen-bond acceptors (Lipinski definition) is 4. The number of carbonyl (C=O) groups excluding carboxylic acids is 1. The van der Waals surface area contributed by atoms with Crippen LogP contribution in [0.3, 0.4) is 0 Å². The molecule has 5 nitrogen and oxygen atoms in total. The van der Waals surface area contributed by atoms with Gasteiger partial charge in [0.05, 0.1) is 23.1 Å². The van der Waals surface area contributed by atoms with Crippen LogP contribution in [0.5, 0.6) is 5.75 Å². The van der Waals surface area contributed by atoms with E-state index in [2.05, 4.69) is 5.32 Å². The van der Waals surface area contributed by atoms with Gasteiger partial charge in [-0.25, -0.2) is 4.39 Å². The van der Waals surface area contributed by atoms with Crippen LogP contribution in [0.25, 0.3) is 10.1 Å². The number of nitrogens with one attached hydrogen (secondary N) is 1. The van der Waals surface area contributed by atoms with Crippen molar-refractivity contribution in [2.24, 2.45) is 0 Å². The largest absolute Gasteiger partial charge is 0.496 e. The molecule has 4 aromatic rings. The number of carbonyl (C=O) groups is 1. The van der Waals surface area contributed by atoms with Gasteiger partial charge >= 0.3 is 0 Å². The van der Waals surface area contributed by atoms with Crippen molar-refractivity contribution in [3.63, 3.8) is 0 Å². The zero-order valence-corrected chi connectivity index (χ0v) is 17.6. The van der Waals surface area contributed by atoms with E-state index in [9.17, 15) is 9.18 Å². The average molecular weight is 435 g/mol. The Morgan fingerprint density at radius 3 is 2.61 bits per heavy atom. The fourth-order valence-corrected chi connectivity index (χ4v) is 4.39. The molecule has 0 bridgehead atoms. The summed E-state index contributed by atoms with van der Waals surface area (Å²) in [5, 5.41) is 10.2. The first-order valence-corrected chi connectivity index (χ1v) is 10.4. The van der Waals surface area contributed by atoms with E-state index >= 15 is 0 Å². The molecule has 0 atom stereocenters. The molecule has 0 spiro atoms. The van der Waals surface area contributed by atoms with Crippen LogP contribution in [0, 0.1) is 5.82 Å². The lowest BCUT2D eigenvalue weighted by Gasteiger charge is -2.11. The number of rotatable bonds is 6. The number of nitrogen functional groups attached to an aromatic ring is 1. The van der Waals surface area contributed by atoms with E-state index in [1.54, 1.807) is 41.7 Å². The minimum atomic E-state index is -0.509. The van der Waals surface area contributed by atoms with Crippen molar-refractivity contribution in [2.45, 2.75) is 6.54 Å². The number of ether oxygens (including phenoxy) is 1. The van der Waals surface area contributed by atoms with Crippen molar-refractivity contribution in [3.8, 4) is 5.75 Å². The van der Waals surface area contributed by atoms with Crippen LogP contribution >= 0.6 is 11.3 Å². The summed E-state index contributed by atoms with van der Waals surface area (Å²) < 4.78 is 20.9. The molecule has 1 amide bonds. The highest BCUT2D eigenvalue weighted by atomic mass is 32.1. The lowest BCUT2D eigenvalue weighted by molar-refractivity contribution is -0.111. The number of thiophene rings is 1. The lowest BCUT2D eigenvalue weighted by atomic mass is 10.0. The molecular weight excluding hydrogens is 413 g/mol. The third-order valence-corrected chi connectivity index (χ3v) is 6.14. The number of fused-ring (bicyclic) bond motifs is 1. The van der Waals surface area contributed by atoms with E-state index in [0.717, 1.165) is 15.0 Å². The summed E-state index contributed by atoms with van der Waals surface area (Å²) in [6.45, 7) is -0.0182. The minimum Gasteiger partial charge on any atom is -0.496 e. The third kappa shape index (κ3) is 4.13. The Morgan fingerprint density at radius 1 is 1.10 bits per heavy atom. The molecule has 1 aromatic heterocycles. The third-order valence-electron chi connectivity index (χ3n) is 4.99. The van der Waals surface area contributed by atoms with Gasteiger partial charge in [-0.2, -0.15) is 0 Å². The molecule has 0 aliphatic carbocycles. The Morgan fingerprint density at radius 2 is 1.84 bits per heavy atom. The van der Waals surface area contributed by atoms with E-state index < -0.39 is 5.82 Å². The Bertz CT molecular complexity index is 1270. The van der Waals surface area contributed by atoms with Gasteiger partial charge in [-0.05, 0) is 41.8 Å². The molecule has 0 saturated carbocycles. The molecule has 0 saturated heterocycles. The van der Waals surface area contributed by atoms with Crippen LogP contribution in [-0.2, 0) is 6.54 Å². The Balaban J connectivity index is 1.59. The van der Waals surface area contributed by atoms with Gasteiger partial charge in [-0.1, -0.05) is 30.3 Å². The molecular formula is C24H21FN3O2S+. The van der Waals surface area contributed by atoms with Crippen molar-refractivity contribution < 1.29 is 19.3 Å². The highest BCUT2D eigenvalue weighted by molar-refractivity contribution is 7.21. The van der Waals surface area contributed by atoms with E-state index in [1.165, 1.54) is 13.2 Å². The first kappa shape index (κ1) is 20.6. The average Bonchev–Trinajstić information content (AvgIpc) is 3.22. The van der Waals surface area contributed by atoms with Crippen LogP contribution in [0.2, 0.25) is 0 Å². The van der Waals surface area contributed by atoms with Crippen LogP contribution in [0.4, 0.5) is 10.1 Å². The fraction of sp³-hybridized carbons (Fsp3) is 0.0833. The van der Waals surface area contributed by atoms with Gasteiger partial charge < -0.3 is 15.8 Å². The van der Waals surface area contributed by atoms with E-state index in [4.69, 9.17) is 15.9 Å².